The van der Waals surface area contributed by atoms with Crippen molar-refractivity contribution in [1.29, 1.82) is 0 Å². The SMILES string of the molecule is OCc1cc(OC(F)(F)F)nc(I)c1CBr. The third kappa shape index (κ3) is 3.74. The van der Waals surface area contributed by atoms with Crippen LogP contribution in [0.15, 0.2) is 6.07 Å². The molecule has 90 valence electrons. The number of rotatable bonds is 3. The number of nitrogens with zero attached hydrogens (tertiary/aromatic N) is 1. The first-order valence-corrected chi connectivity index (χ1v) is 6.18. The lowest BCUT2D eigenvalue weighted by Crippen LogP contribution is -2.18. The third-order valence-electron chi connectivity index (χ3n) is 1.67. The fourth-order valence-corrected chi connectivity index (χ4v) is 2.94. The molecule has 8 heteroatoms. The summed E-state index contributed by atoms with van der Waals surface area (Å²) in [5, 5.41) is 9.41. The van der Waals surface area contributed by atoms with Crippen molar-refractivity contribution in [3.05, 3.63) is 20.9 Å². The van der Waals surface area contributed by atoms with Crippen LogP contribution in [0.4, 0.5) is 13.2 Å². The second-order valence-electron chi connectivity index (χ2n) is 2.73. The van der Waals surface area contributed by atoms with Gasteiger partial charge in [0, 0.05) is 17.0 Å². The standard InChI is InChI=1S/C8H6BrF3INO2/c9-2-5-4(3-15)1-6(14-7(5)13)16-8(10,11)12/h1,15H,2-3H2. The summed E-state index contributed by atoms with van der Waals surface area (Å²) in [7, 11) is 0. The minimum Gasteiger partial charge on any atom is -0.392 e. The van der Waals surface area contributed by atoms with E-state index in [0.29, 0.717) is 20.2 Å². The predicted molar refractivity (Wildman–Crippen MR) is 62.2 cm³/mol. The smallest absolute Gasteiger partial charge is 0.392 e. The van der Waals surface area contributed by atoms with Gasteiger partial charge in [-0.2, -0.15) is 0 Å². The second-order valence-corrected chi connectivity index (χ2v) is 4.31. The zero-order chi connectivity index (χ0) is 12.3. The highest BCUT2D eigenvalue weighted by molar-refractivity contribution is 14.1. The van der Waals surface area contributed by atoms with Crippen LogP contribution in [0.3, 0.4) is 0 Å². The number of halogens is 5. The Hall–Kier alpha value is -0.0900. The molecular weight excluding hydrogens is 406 g/mol. The molecule has 0 unspecified atom stereocenters. The van der Waals surface area contributed by atoms with Crippen molar-refractivity contribution in [3.63, 3.8) is 0 Å². The van der Waals surface area contributed by atoms with Crippen LogP contribution >= 0.6 is 38.5 Å². The van der Waals surface area contributed by atoms with E-state index in [1.165, 1.54) is 0 Å². The topological polar surface area (TPSA) is 42.4 Å². The van der Waals surface area contributed by atoms with Crippen molar-refractivity contribution in [2.24, 2.45) is 0 Å². The molecule has 0 spiro atoms. The van der Waals surface area contributed by atoms with E-state index in [-0.39, 0.29) is 6.61 Å². The van der Waals surface area contributed by atoms with Crippen LogP contribution in [0.5, 0.6) is 5.88 Å². The van der Waals surface area contributed by atoms with Gasteiger partial charge in [-0.1, -0.05) is 15.9 Å². The molecule has 0 aliphatic carbocycles. The van der Waals surface area contributed by atoms with Crippen molar-refractivity contribution >= 4 is 38.5 Å². The molecule has 0 amide bonds. The fourth-order valence-electron chi connectivity index (χ4n) is 1.02. The van der Waals surface area contributed by atoms with Crippen LogP contribution in [0.2, 0.25) is 0 Å². The van der Waals surface area contributed by atoms with Crippen molar-refractivity contribution in [2.75, 3.05) is 0 Å². The number of pyridine rings is 1. The Balaban J connectivity index is 3.10. The summed E-state index contributed by atoms with van der Waals surface area (Å²) in [6, 6.07) is 1.08. The molecule has 1 rings (SSSR count). The van der Waals surface area contributed by atoms with E-state index >= 15 is 0 Å². The Bertz CT molecular complexity index is 386. The highest BCUT2D eigenvalue weighted by atomic mass is 127. The zero-order valence-corrected chi connectivity index (χ0v) is 11.4. The molecule has 3 nitrogen and oxygen atoms in total. The maximum Gasteiger partial charge on any atom is 0.574 e. The Labute approximate surface area is 111 Å². The van der Waals surface area contributed by atoms with E-state index in [4.69, 9.17) is 5.11 Å². The molecule has 16 heavy (non-hydrogen) atoms. The van der Waals surface area contributed by atoms with Crippen molar-refractivity contribution in [1.82, 2.24) is 4.98 Å². The lowest BCUT2D eigenvalue weighted by atomic mass is 10.2. The second kappa shape index (κ2) is 5.50. The normalized spacial score (nSPS) is 11.6. The van der Waals surface area contributed by atoms with Crippen LogP contribution in [0.25, 0.3) is 0 Å². The first-order chi connectivity index (χ1) is 7.37. The Kier molecular flexibility index (Phi) is 4.80. The fraction of sp³-hybridized carbons (Fsp3) is 0.375. The van der Waals surface area contributed by atoms with E-state index in [2.05, 4.69) is 25.7 Å². The number of ether oxygens (including phenoxy) is 1. The molecule has 0 aliphatic heterocycles. The molecule has 1 aromatic rings. The van der Waals surface area contributed by atoms with Gasteiger partial charge in [-0.05, 0) is 28.2 Å². The summed E-state index contributed by atoms with van der Waals surface area (Å²) in [4.78, 5) is 3.64. The summed E-state index contributed by atoms with van der Waals surface area (Å²) < 4.78 is 39.9. The molecule has 1 N–H and O–H groups in total. The number of hydrogen-bond acceptors (Lipinski definition) is 3. The van der Waals surface area contributed by atoms with Crippen LogP contribution in [0.1, 0.15) is 11.1 Å². The van der Waals surface area contributed by atoms with Gasteiger partial charge < -0.3 is 9.84 Å². The minimum absolute atomic E-state index is 0.357. The summed E-state index contributed by atoms with van der Waals surface area (Å²) in [6.07, 6.45) is -4.78. The number of aliphatic hydroxyl groups excluding tert-OH is 1. The van der Waals surface area contributed by atoms with Gasteiger partial charge in [-0.25, -0.2) is 4.98 Å². The minimum atomic E-state index is -4.78. The van der Waals surface area contributed by atoms with Gasteiger partial charge >= 0.3 is 6.36 Å². The molecule has 1 heterocycles. The molecule has 0 saturated carbocycles. The van der Waals surface area contributed by atoms with Gasteiger partial charge in [0.05, 0.1) is 6.61 Å². The number of aliphatic hydroxyl groups is 1. The summed E-state index contributed by atoms with van der Waals surface area (Å²) in [5.74, 6) is -0.564. The van der Waals surface area contributed by atoms with E-state index in [1.807, 2.05) is 0 Å². The molecule has 0 aliphatic rings. The molecule has 0 fully saturated rings. The molecule has 0 saturated heterocycles. The largest absolute Gasteiger partial charge is 0.574 e. The van der Waals surface area contributed by atoms with Crippen LogP contribution < -0.4 is 4.74 Å². The van der Waals surface area contributed by atoms with E-state index in [0.717, 1.165) is 6.07 Å². The molecule has 1 aromatic heterocycles. The van der Waals surface area contributed by atoms with Crippen LogP contribution in [-0.4, -0.2) is 16.5 Å². The maximum absolute atomic E-state index is 12.0. The molecule has 0 bridgehead atoms. The average Bonchev–Trinajstić information content (AvgIpc) is 2.14. The summed E-state index contributed by atoms with van der Waals surface area (Å²) >= 11 is 4.95. The van der Waals surface area contributed by atoms with E-state index < -0.39 is 12.2 Å². The van der Waals surface area contributed by atoms with Gasteiger partial charge in [-0.3, -0.25) is 0 Å². The maximum atomic E-state index is 12.0. The predicted octanol–water partition coefficient (Wildman–Crippen LogP) is 2.97. The molecular formula is C8H6BrF3INO2. The van der Waals surface area contributed by atoms with Crippen molar-refractivity contribution in [3.8, 4) is 5.88 Å². The van der Waals surface area contributed by atoms with Gasteiger partial charge in [0.15, 0.2) is 0 Å². The number of hydrogen-bond donors (Lipinski definition) is 1. The van der Waals surface area contributed by atoms with Gasteiger partial charge in [-0.15, -0.1) is 13.2 Å². The van der Waals surface area contributed by atoms with Crippen molar-refractivity contribution in [2.45, 2.75) is 18.3 Å². The lowest BCUT2D eigenvalue weighted by molar-refractivity contribution is -0.276. The quantitative estimate of drug-likeness (QED) is 0.472. The zero-order valence-electron chi connectivity index (χ0n) is 7.68. The summed E-state index contributed by atoms with van der Waals surface area (Å²) in [6.45, 7) is -0.367. The van der Waals surface area contributed by atoms with E-state index in [9.17, 15) is 13.2 Å². The first-order valence-electron chi connectivity index (χ1n) is 3.98. The van der Waals surface area contributed by atoms with Crippen molar-refractivity contribution < 1.29 is 23.0 Å². The van der Waals surface area contributed by atoms with E-state index in [1.54, 1.807) is 22.6 Å². The Morgan fingerprint density at radius 2 is 2.12 bits per heavy atom. The Morgan fingerprint density at radius 3 is 2.56 bits per heavy atom. The van der Waals surface area contributed by atoms with Crippen LogP contribution in [0, 0.1) is 3.70 Å². The van der Waals surface area contributed by atoms with Gasteiger partial charge in [0.2, 0.25) is 5.88 Å². The Morgan fingerprint density at radius 1 is 1.50 bits per heavy atom. The molecule has 0 radical (unpaired) electrons. The lowest BCUT2D eigenvalue weighted by Gasteiger charge is -2.12. The average molecular weight is 412 g/mol. The highest BCUT2D eigenvalue weighted by Crippen LogP contribution is 2.26. The number of alkyl halides is 4. The first kappa shape index (κ1) is 14.0. The van der Waals surface area contributed by atoms with Gasteiger partial charge in [0.25, 0.3) is 0 Å². The molecule has 0 aromatic carbocycles. The van der Waals surface area contributed by atoms with Gasteiger partial charge in [0.1, 0.15) is 3.70 Å². The highest BCUT2D eigenvalue weighted by Gasteiger charge is 2.32. The monoisotopic (exact) mass is 411 g/mol. The molecule has 0 atom stereocenters. The summed E-state index contributed by atoms with van der Waals surface area (Å²) in [5.41, 5.74) is 1.01. The number of aromatic nitrogens is 1. The van der Waals surface area contributed by atoms with Crippen LogP contribution in [-0.2, 0) is 11.9 Å². The third-order valence-corrected chi connectivity index (χ3v) is 3.12.